The molecule has 0 heterocycles. The number of rotatable bonds is 4. The highest BCUT2D eigenvalue weighted by Gasteiger charge is 2.24. The molecule has 2 aromatic carbocycles. The topological polar surface area (TPSA) is 87.6 Å². The largest absolute Gasteiger partial charge is 0.455 e. The summed E-state index contributed by atoms with van der Waals surface area (Å²) in [5.41, 5.74) is 11.3. The van der Waals surface area contributed by atoms with Crippen molar-refractivity contribution in [1.29, 1.82) is 0 Å². The summed E-state index contributed by atoms with van der Waals surface area (Å²) in [4.78, 5) is 11.0. The zero-order valence-electron chi connectivity index (χ0n) is 12.3. The van der Waals surface area contributed by atoms with Gasteiger partial charge in [0, 0.05) is 11.1 Å². The van der Waals surface area contributed by atoms with Crippen molar-refractivity contribution < 1.29 is 14.3 Å². The van der Waals surface area contributed by atoms with Gasteiger partial charge in [0.2, 0.25) is 0 Å². The highest BCUT2D eigenvalue weighted by Crippen LogP contribution is 2.33. The van der Waals surface area contributed by atoms with Gasteiger partial charge in [-0.05, 0) is 43.7 Å². The maximum atomic E-state index is 11.0. The molecule has 2 rings (SSSR count). The first-order valence-corrected chi connectivity index (χ1v) is 6.97. The third-order valence-electron chi connectivity index (χ3n) is 3.09. The predicted octanol–water partition coefficient (Wildman–Crippen LogP) is 4.04. The van der Waals surface area contributed by atoms with Gasteiger partial charge in [-0.15, -0.1) is 0 Å². The molecule has 0 aliphatic rings. The molecular formula is C16H17ClN2O3. The minimum absolute atomic E-state index is 0.457. The normalized spacial score (nSPS) is 11.0. The molecule has 5 nitrogen and oxygen atoms in total. The standard InChI is InChI=1S/C16H17ClN2O3/c1-16(2,22-15(19)20)10-4-3-5-12(8-10)21-14-9-11(17)6-7-13(14)18/h3-9H,18H2,1-2H3,(H2,19,20). The van der Waals surface area contributed by atoms with E-state index in [1.165, 1.54) is 0 Å². The summed E-state index contributed by atoms with van der Waals surface area (Å²) < 4.78 is 10.9. The van der Waals surface area contributed by atoms with Gasteiger partial charge in [-0.2, -0.15) is 0 Å². The molecule has 1 amide bonds. The summed E-state index contributed by atoms with van der Waals surface area (Å²) in [7, 11) is 0. The van der Waals surface area contributed by atoms with Crippen LogP contribution in [0.4, 0.5) is 10.5 Å². The van der Waals surface area contributed by atoms with Crippen LogP contribution in [0.5, 0.6) is 11.5 Å². The van der Waals surface area contributed by atoms with E-state index in [1.54, 1.807) is 50.2 Å². The molecule has 0 unspecified atom stereocenters. The van der Waals surface area contributed by atoms with Gasteiger partial charge < -0.3 is 20.9 Å². The molecule has 6 heteroatoms. The van der Waals surface area contributed by atoms with Crippen LogP contribution in [-0.2, 0) is 10.3 Å². The number of carbonyl (C=O) groups excluding carboxylic acids is 1. The molecule has 22 heavy (non-hydrogen) atoms. The van der Waals surface area contributed by atoms with E-state index in [9.17, 15) is 4.79 Å². The van der Waals surface area contributed by atoms with Crippen molar-refractivity contribution >= 4 is 23.4 Å². The number of benzene rings is 2. The minimum atomic E-state index is -0.870. The molecule has 116 valence electrons. The molecule has 0 saturated carbocycles. The van der Waals surface area contributed by atoms with Gasteiger partial charge in [0.25, 0.3) is 0 Å². The lowest BCUT2D eigenvalue weighted by atomic mass is 9.98. The van der Waals surface area contributed by atoms with E-state index in [1.807, 2.05) is 6.07 Å². The van der Waals surface area contributed by atoms with Crippen LogP contribution in [0.15, 0.2) is 42.5 Å². The lowest BCUT2D eigenvalue weighted by Gasteiger charge is -2.25. The fourth-order valence-corrected chi connectivity index (χ4v) is 2.13. The molecule has 0 fully saturated rings. The third kappa shape index (κ3) is 3.83. The number of hydrogen-bond acceptors (Lipinski definition) is 4. The Labute approximate surface area is 133 Å². The first-order valence-electron chi connectivity index (χ1n) is 6.60. The Kier molecular flexibility index (Phi) is 4.47. The smallest absolute Gasteiger partial charge is 0.405 e. The zero-order chi connectivity index (χ0) is 16.3. The van der Waals surface area contributed by atoms with E-state index in [0.29, 0.717) is 22.2 Å². The van der Waals surface area contributed by atoms with E-state index in [2.05, 4.69) is 0 Å². The summed E-state index contributed by atoms with van der Waals surface area (Å²) in [5.74, 6) is 1.01. The number of nitrogens with two attached hydrogens (primary N) is 2. The average Bonchev–Trinajstić information content (AvgIpc) is 2.42. The number of anilines is 1. The monoisotopic (exact) mass is 320 g/mol. The molecule has 0 spiro atoms. The number of halogens is 1. The van der Waals surface area contributed by atoms with Crippen LogP contribution < -0.4 is 16.2 Å². The fraction of sp³-hybridized carbons (Fsp3) is 0.188. The average molecular weight is 321 g/mol. The van der Waals surface area contributed by atoms with Gasteiger partial charge in [0.15, 0.2) is 5.75 Å². The van der Waals surface area contributed by atoms with Crippen LogP contribution in [0.2, 0.25) is 5.02 Å². The number of nitrogen functional groups attached to an aromatic ring is 1. The highest BCUT2D eigenvalue weighted by atomic mass is 35.5. The molecule has 0 atom stereocenters. The van der Waals surface area contributed by atoms with Crippen molar-refractivity contribution in [3.63, 3.8) is 0 Å². The Morgan fingerprint density at radius 1 is 1.18 bits per heavy atom. The second kappa shape index (κ2) is 6.15. The van der Waals surface area contributed by atoms with Gasteiger partial charge in [0.1, 0.15) is 11.4 Å². The molecule has 0 saturated heterocycles. The second-order valence-electron chi connectivity index (χ2n) is 5.24. The highest BCUT2D eigenvalue weighted by molar-refractivity contribution is 6.30. The molecule has 0 aliphatic heterocycles. The number of hydrogen-bond donors (Lipinski definition) is 2. The first kappa shape index (κ1) is 16.0. The Hall–Kier alpha value is -2.40. The number of carbonyl (C=O) groups is 1. The SMILES string of the molecule is CC(C)(OC(N)=O)c1cccc(Oc2cc(Cl)ccc2N)c1. The third-order valence-corrected chi connectivity index (χ3v) is 3.32. The quantitative estimate of drug-likeness (QED) is 0.832. The van der Waals surface area contributed by atoms with Crippen molar-refractivity contribution in [3.05, 3.63) is 53.1 Å². The zero-order valence-corrected chi connectivity index (χ0v) is 13.1. The summed E-state index contributed by atoms with van der Waals surface area (Å²) >= 11 is 5.94. The Morgan fingerprint density at radius 3 is 2.59 bits per heavy atom. The van der Waals surface area contributed by atoms with E-state index >= 15 is 0 Å². The van der Waals surface area contributed by atoms with Crippen molar-refractivity contribution in [2.75, 3.05) is 5.73 Å². The number of primary amides is 1. The van der Waals surface area contributed by atoms with Crippen LogP contribution in [0.25, 0.3) is 0 Å². The van der Waals surface area contributed by atoms with Gasteiger partial charge >= 0.3 is 6.09 Å². The van der Waals surface area contributed by atoms with Crippen LogP contribution >= 0.6 is 11.6 Å². The van der Waals surface area contributed by atoms with Gasteiger partial charge in [-0.3, -0.25) is 0 Å². The molecule has 0 bridgehead atoms. The molecule has 2 aromatic rings. The van der Waals surface area contributed by atoms with Crippen molar-refractivity contribution in [3.8, 4) is 11.5 Å². The van der Waals surface area contributed by atoms with Crippen molar-refractivity contribution in [2.24, 2.45) is 5.73 Å². The van der Waals surface area contributed by atoms with Crippen molar-refractivity contribution in [2.45, 2.75) is 19.4 Å². The fourth-order valence-electron chi connectivity index (χ4n) is 1.97. The van der Waals surface area contributed by atoms with Crippen LogP contribution in [0.3, 0.4) is 0 Å². The van der Waals surface area contributed by atoms with Crippen LogP contribution in [-0.4, -0.2) is 6.09 Å². The predicted molar refractivity (Wildman–Crippen MR) is 86.1 cm³/mol. The van der Waals surface area contributed by atoms with Crippen LogP contribution in [0, 0.1) is 0 Å². The minimum Gasteiger partial charge on any atom is -0.455 e. The summed E-state index contributed by atoms with van der Waals surface area (Å²) in [6.07, 6.45) is -0.838. The maximum absolute atomic E-state index is 11.0. The number of amides is 1. The maximum Gasteiger partial charge on any atom is 0.405 e. The lowest BCUT2D eigenvalue weighted by molar-refractivity contribution is 0.0431. The first-order chi connectivity index (χ1) is 10.3. The molecule has 4 N–H and O–H groups in total. The molecule has 0 aromatic heterocycles. The lowest BCUT2D eigenvalue weighted by Crippen LogP contribution is -2.28. The van der Waals surface area contributed by atoms with E-state index in [4.69, 9.17) is 32.5 Å². The summed E-state index contributed by atoms with van der Waals surface area (Å²) in [6.45, 7) is 3.48. The van der Waals surface area contributed by atoms with Gasteiger partial charge in [0.05, 0.1) is 5.69 Å². The summed E-state index contributed by atoms with van der Waals surface area (Å²) in [6, 6.07) is 12.1. The van der Waals surface area contributed by atoms with E-state index in [0.717, 1.165) is 5.56 Å². The van der Waals surface area contributed by atoms with Gasteiger partial charge in [-0.1, -0.05) is 23.7 Å². The Morgan fingerprint density at radius 2 is 1.91 bits per heavy atom. The number of ether oxygens (including phenoxy) is 2. The molecule has 0 aliphatic carbocycles. The Bertz CT molecular complexity index is 702. The van der Waals surface area contributed by atoms with Crippen LogP contribution in [0.1, 0.15) is 19.4 Å². The van der Waals surface area contributed by atoms with Gasteiger partial charge in [-0.25, -0.2) is 4.79 Å². The Balaban J connectivity index is 2.29. The van der Waals surface area contributed by atoms with E-state index < -0.39 is 11.7 Å². The van der Waals surface area contributed by atoms with Crippen molar-refractivity contribution in [1.82, 2.24) is 0 Å². The van der Waals surface area contributed by atoms with E-state index in [-0.39, 0.29) is 0 Å². The second-order valence-corrected chi connectivity index (χ2v) is 5.68. The molecular weight excluding hydrogens is 304 g/mol. The summed E-state index contributed by atoms with van der Waals surface area (Å²) in [5, 5.41) is 0.526. The molecule has 0 radical (unpaired) electrons.